The molecule has 5 nitrogen and oxygen atoms in total. The molecule has 0 N–H and O–H groups in total. The summed E-state index contributed by atoms with van der Waals surface area (Å²) < 4.78 is 24.3. The van der Waals surface area contributed by atoms with E-state index in [-0.39, 0.29) is 0 Å². The molecule has 2 aromatic carbocycles. The summed E-state index contributed by atoms with van der Waals surface area (Å²) in [5.41, 5.74) is 2.19. The molecule has 0 saturated heterocycles. The third-order valence-corrected chi connectivity index (χ3v) is 5.11. The molecular weight excluding hydrogens is 342 g/mol. The molecule has 0 bridgehead atoms. The summed E-state index contributed by atoms with van der Waals surface area (Å²) in [5.74, 6) is 2.87. The van der Waals surface area contributed by atoms with Gasteiger partial charge in [0.2, 0.25) is 5.52 Å². The van der Waals surface area contributed by atoms with Crippen LogP contribution in [0, 0.1) is 6.92 Å². The number of ether oxygens (including phenoxy) is 4. The van der Waals surface area contributed by atoms with Gasteiger partial charge in [-0.15, -0.1) is 0 Å². The van der Waals surface area contributed by atoms with Crippen LogP contribution in [0.3, 0.4) is 0 Å². The largest absolute Gasteiger partial charge is 0.493 e. The zero-order valence-corrected chi connectivity index (χ0v) is 16.1. The van der Waals surface area contributed by atoms with Crippen molar-refractivity contribution in [3.8, 4) is 23.0 Å². The molecule has 2 heterocycles. The highest BCUT2D eigenvalue weighted by molar-refractivity contribution is 6.01. The topological polar surface area (TPSA) is 41.0 Å². The van der Waals surface area contributed by atoms with Crippen molar-refractivity contribution in [2.45, 2.75) is 6.92 Å². The van der Waals surface area contributed by atoms with Crippen LogP contribution in [0.15, 0.2) is 42.6 Å². The molecule has 0 amide bonds. The lowest BCUT2D eigenvalue weighted by molar-refractivity contribution is -0.516. The van der Waals surface area contributed by atoms with E-state index < -0.39 is 0 Å². The summed E-state index contributed by atoms with van der Waals surface area (Å²) in [5, 5.41) is 4.28. The predicted octanol–water partition coefficient (Wildman–Crippen LogP) is 4.07. The third kappa shape index (κ3) is 2.50. The molecular formula is C22H22NO4+. The first-order valence-electron chi connectivity index (χ1n) is 8.67. The van der Waals surface area contributed by atoms with E-state index in [1.54, 1.807) is 28.4 Å². The normalized spacial score (nSPS) is 11.1. The van der Waals surface area contributed by atoms with E-state index in [1.807, 2.05) is 18.2 Å². The maximum Gasteiger partial charge on any atom is 0.219 e. The maximum absolute atomic E-state index is 5.67. The van der Waals surface area contributed by atoms with Gasteiger partial charge in [0.25, 0.3) is 0 Å². The van der Waals surface area contributed by atoms with E-state index in [1.165, 1.54) is 0 Å². The van der Waals surface area contributed by atoms with Crippen molar-refractivity contribution >= 4 is 27.1 Å². The second kappa shape index (κ2) is 6.50. The Hall–Kier alpha value is -3.21. The second-order valence-electron chi connectivity index (χ2n) is 6.36. The number of fused-ring (bicyclic) bond motifs is 4. The highest BCUT2D eigenvalue weighted by Gasteiger charge is 2.20. The number of methoxy groups -OCH3 is 4. The van der Waals surface area contributed by atoms with Crippen LogP contribution in [0.1, 0.15) is 5.69 Å². The zero-order chi connectivity index (χ0) is 19.1. The van der Waals surface area contributed by atoms with E-state index in [4.69, 9.17) is 18.9 Å². The van der Waals surface area contributed by atoms with Crippen LogP contribution in [0.25, 0.3) is 27.1 Å². The average Bonchev–Trinajstić information content (AvgIpc) is 2.71. The summed E-state index contributed by atoms with van der Waals surface area (Å²) in [6.45, 7) is 2.10. The van der Waals surface area contributed by atoms with Crippen molar-refractivity contribution in [2.24, 2.45) is 0 Å². The van der Waals surface area contributed by atoms with Crippen molar-refractivity contribution in [1.82, 2.24) is 0 Å². The van der Waals surface area contributed by atoms with Crippen molar-refractivity contribution in [3.63, 3.8) is 0 Å². The van der Waals surface area contributed by atoms with E-state index in [0.717, 1.165) is 38.5 Å². The fraction of sp³-hybridized carbons (Fsp3) is 0.227. The smallest absolute Gasteiger partial charge is 0.219 e. The Morgan fingerprint density at radius 2 is 1.37 bits per heavy atom. The highest BCUT2D eigenvalue weighted by atomic mass is 16.5. The van der Waals surface area contributed by atoms with Crippen molar-refractivity contribution in [3.05, 3.63) is 48.3 Å². The van der Waals surface area contributed by atoms with Crippen LogP contribution in [-0.4, -0.2) is 28.4 Å². The summed E-state index contributed by atoms with van der Waals surface area (Å²) >= 11 is 0. The predicted molar refractivity (Wildman–Crippen MR) is 106 cm³/mol. The van der Waals surface area contributed by atoms with Crippen molar-refractivity contribution in [1.29, 1.82) is 0 Å². The van der Waals surface area contributed by atoms with Gasteiger partial charge in [0.15, 0.2) is 34.9 Å². The van der Waals surface area contributed by atoms with Crippen LogP contribution >= 0.6 is 0 Å². The molecule has 0 aliphatic heterocycles. The van der Waals surface area contributed by atoms with Crippen molar-refractivity contribution < 1.29 is 23.3 Å². The lowest BCUT2D eigenvalue weighted by atomic mass is 10.0. The van der Waals surface area contributed by atoms with Crippen molar-refractivity contribution in [2.75, 3.05) is 28.4 Å². The fourth-order valence-corrected chi connectivity index (χ4v) is 3.74. The Labute approximate surface area is 157 Å². The molecule has 4 aromatic rings. The minimum Gasteiger partial charge on any atom is -0.493 e. The Morgan fingerprint density at radius 1 is 0.667 bits per heavy atom. The van der Waals surface area contributed by atoms with Gasteiger partial charge in [0, 0.05) is 24.4 Å². The Bertz CT molecular complexity index is 1180. The molecule has 0 unspecified atom stereocenters. The molecule has 2 aromatic heterocycles. The standard InChI is InChI=1S/C22H22NO4/c1-13-15-6-7-19(24-2)22(27-5)17(15)11-18-16-12-21(26-4)20(25-3)10-14(16)8-9-23(13)18/h6-12H,1-5H3/q+1. The van der Waals surface area contributed by atoms with E-state index in [2.05, 4.69) is 35.7 Å². The quantitative estimate of drug-likeness (QED) is 0.311. The molecule has 0 radical (unpaired) electrons. The first kappa shape index (κ1) is 17.2. The summed E-state index contributed by atoms with van der Waals surface area (Å²) in [4.78, 5) is 0. The number of aromatic nitrogens is 1. The molecule has 138 valence electrons. The minimum atomic E-state index is 0.702. The zero-order valence-electron chi connectivity index (χ0n) is 16.1. The lowest BCUT2D eigenvalue weighted by Crippen LogP contribution is -2.25. The van der Waals surface area contributed by atoms with Gasteiger partial charge >= 0.3 is 0 Å². The Morgan fingerprint density at radius 3 is 2.04 bits per heavy atom. The maximum atomic E-state index is 5.67. The Balaban J connectivity index is 2.19. The van der Waals surface area contributed by atoms with Gasteiger partial charge in [-0.25, -0.2) is 0 Å². The van der Waals surface area contributed by atoms with Crippen LogP contribution in [0.2, 0.25) is 0 Å². The summed E-state index contributed by atoms with van der Waals surface area (Å²) in [6.07, 6.45) is 2.08. The molecule has 0 atom stereocenters. The van der Waals surface area contributed by atoms with E-state index in [9.17, 15) is 0 Å². The molecule has 5 heteroatoms. The summed E-state index contributed by atoms with van der Waals surface area (Å²) in [6, 6.07) is 12.2. The number of rotatable bonds is 4. The van der Waals surface area contributed by atoms with Crippen LogP contribution in [0.5, 0.6) is 23.0 Å². The lowest BCUT2D eigenvalue weighted by Gasteiger charge is -2.12. The number of hydrogen-bond donors (Lipinski definition) is 0. The molecule has 27 heavy (non-hydrogen) atoms. The van der Waals surface area contributed by atoms with Gasteiger partial charge in [-0.1, -0.05) is 0 Å². The number of nitrogens with zero attached hydrogens (tertiary/aromatic N) is 1. The van der Waals surface area contributed by atoms with Gasteiger partial charge in [-0.05, 0) is 29.7 Å². The first-order valence-corrected chi connectivity index (χ1v) is 8.67. The van der Waals surface area contributed by atoms with Crippen LogP contribution in [0.4, 0.5) is 0 Å². The van der Waals surface area contributed by atoms with Gasteiger partial charge in [0.1, 0.15) is 0 Å². The van der Waals surface area contributed by atoms with Gasteiger partial charge in [-0.3, -0.25) is 0 Å². The number of pyridine rings is 2. The monoisotopic (exact) mass is 364 g/mol. The SMILES string of the molecule is COc1cc2cc[n+]3c(C)c4ccc(OC)c(OC)c4cc3c2cc1OC. The van der Waals surface area contributed by atoms with Gasteiger partial charge < -0.3 is 18.9 Å². The number of aryl methyl sites for hydroxylation is 1. The van der Waals surface area contributed by atoms with E-state index in [0.29, 0.717) is 17.2 Å². The number of benzene rings is 2. The molecule has 0 fully saturated rings. The average molecular weight is 364 g/mol. The molecule has 0 aliphatic carbocycles. The molecule has 4 rings (SSSR count). The van der Waals surface area contributed by atoms with Crippen LogP contribution < -0.4 is 23.3 Å². The molecule has 0 saturated carbocycles. The molecule has 0 aliphatic rings. The first-order chi connectivity index (χ1) is 13.1. The third-order valence-electron chi connectivity index (χ3n) is 5.11. The highest BCUT2D eigenvalue weighted by Crippen LogP contribution is 2.38. The Kier molecular flexibility index (Phi) is 4.15. The van der Waals surface area contributed by atoms with Gasteiger partial charge in [-0.2, -0.15) is 4.40 Å². The molecule has 0 spiro atoms. The second-order valence-corrected chi connectivity index (χ2v) is 6.36. The van der Waals surface area contributed by atoms with E-state index >= 15 is 0 Å². The van der Waals surface area contributed by atoms with Crippen LogP contribution in [-0.2, 0) is 0 Å². The minimum absolute atomic E-state index is 0.702. The van der Waals surface area contributed by atoms with Gasteiger partial charge in [0.05, 0.1) is 39.2 Å². The summed E-state index contributed by atoms with van der Waals surface area (Å²) in [7, 11) is 6.62. The number of hydrogen-bond acceptors (Lipinski definition) is 4. The fourth-order valence-electron chi connectivity index (χ4n) is 3.74.